The number of hydrogen-bond donors (Lipinski definition) is 1. The van der Waals surface area contributed by atoms with Crippen molar-refractivity contribution in [2.24, 2.45) is 0 Å². The van der Waals surface area contributed by atoms with Gasteiger partial charge in [0.15, 0.2) is 6.61 Å². The Bertz CT molecular complexity index is 859. The van der Waals surface area contributed by atoms with Crippen molar-refractivity contribution in [3.63, 3.8) is 0 Å². The monoisotopic (exact) mass is 355 g/mol. The molecule has 0 fully saturated rings. The Morgan fingerprint density at radius 1 is 1.20 bits per heavy atom. The molecule has 1 amide bonds. The lowest BCUT2D eigenvalue weighted by Crippen LogP contribution is -2.28. The molecule has 3 rings (SSSR count). The van der Waals surface area contributed by atoms with Crippen molar-refractivity contribution >= 4 is 17.5 Å². The molecule has 0 aliphatic heterocycles. The van der Waals surface area contributed by atoms with Crippen molar-refractivity contribution in [1.82, 2.24) is 14.9 Å². The topological polar surface area (TPSA) is 56.2 Å². The van der Waals surface area contributed by atoms with Gasteiger partial charge >= 0.3 is 0 Å². The van der Waals surface area contributed by atoms with Crippen LogP contribution < -0.4 is 10.1 Å². The second-order valence-corrected chi connectivity index (χ2v) is 5.91. The normalized spacial score (nSPS) is 10.5. The number of para-hydroxylation sites is 1. The molecule has 6 heteroatoms. The van der Waals surface area contributed by atoms with Gasteiger partial charge in [-0.15, -0.1) is 0 Å². The smallest absolute Gasteiger partial charge is 0.258 e. The number of hydrogen-bond acceptors (Lipinski definition) is 3. The molecule has 3 aromatic rings. The van der Waals surface area contributed by atoms with Gasteiger partial charge in [-0.2, -0.15) is 0 Å². The van der Waals surface area contributed by atoms with Crippen LogP contribution >= 0.6 is 11.6 Å². The second kappa shape index (κ2) is 7.85. The van der Waals surface area contributed by atoms with Gasteiger partial charge in [-0.3, -0.25) is 4.79 Å². The molecule has 0 atom stereocenters. The summed E-state index contributed by atoms with van der Waals surface area (Å²) in [6.07, 6.45) is 3.68. The van der Waals surface area contributed by atoms with E-state index in [4.69, 9.17) is 16.3 Å². The van der Waals surface area contributed by atoms with Gasteiger partial charge in [-0.05, 0) is 36.8 Å². The third-order valence-corrected chi connectivity index (χ3v) is 4.04. The third-order valence-electron chi connectivity index (χ3n) is 3.73. The Morgan fingerprint density at radius 2 is 1.96 bits per heavy atom. The van der Waals surface area contributed by atoms with E-state index in [0.717, 1.165) is 17.1 Å². The van der Waals surface area contributed by atoms with Gasteiger partial charge < -0.3 is 14.6 Å². The number of nitrogens with zero attached hydrogens (tertiary/aromatic N) is 2. The van der Waals surface area contributed by atoms with Crippen molar-refractivity contribution in [2.45, 2.75) is 13.5 Å². The minimum Gasteiger partial charge on any atom is -0.482 e. The summed E-state index contributed by atoms with van der Waals surface area (Å²) < 4.78 is 7.41. The molecule has 0 unspecified atom stereocenters. The van der Waals surface area contributed by atoms with E-state index in [0.29, 0.717) is 17.3 Å². The van der Waals surface area contributed by atoms with E-state index in [1.165, 1.54) is 0 Å². The number of imidazole rings is 1. The Morgan fingerprint density at radius 3 is 2.64 bits per heavy atom. The van der Waals surface area contributed by atoms with Crippen LogP contribution in [0.3, 0.4) is 0 Å². The van der Waals surface area contributed by atoms with Gasteiger partial charge in [-0.1, -0.05) is 35.9 Å². The Balaban J connectivity index is 1.51. The zero-order valence-electron chi connectivity index (χ0n) is 13.8. The van der Waals surface area contributed by atoms with Crippen molar-refractivity contribution in [3.8, 4) is 11.4 Å². The van der Waals surface area contributed by atoms with Crippen LogP contribution in [0.1, 0.15) is 11.4 Å². The number of amides is 1. The first-order valence-electron chi connectivity index (χ1n) is 7.87. The van der Waals surface area contributed by atoms with Crippen molar-refractivity contribution in [3.05, 3.63) is 77.3 Å². The molecule has 0 aliphatic rings. The summed E-state index contributed by atoms with van der Waals surface area (Å²) in [6.45, 7) is 2.32. The Labute approximate surface area is 151 Å². The van der Waals surface area contributed by atoms with Crippen LogP contribution in [0.25, 0.3) is 5.69 Å². The number of benzene rings is 2. The first-order chi connectivity index (χ1) is 12.1. The summed E-state index contributed by atoms with van der Waals surface area (Å²) in [5.74, 6) is 1.23. The number of carbonyl (C=O) groups excluding carboxylic acids is 1. The minimum absolute atomic E-state index is 0.0734. The number of ether oxygens (including phenoxy) is 1. The molecule has 1 heterocycles. The van der Waals surface area contributed by atoms with E-state index in [-0.39, 0.29) is 12.5 Å². The highest BCUT2D eigenvalue weighted by Gasteiger charge is 2.06. The molecule has 0 saturated carbocycles. The van der Waals surface area contributed by atoms with Crippen molar-refractivity contribution < 1.29 is 9.53 Å². The Hall–Kier alpha value is -2.79. The van der Waals surface area contributed by atoms with E-state index < -0.39 is 0 Å². The van der Waals surface area contributed by atoms with Crippen LogP contribution in [0.5, 0.6) is 5.75 Å². The second-order valence-electron chi connectivity index (χ2n) is 5.51. The predicted octanol–water partition coefficient (Wildman–Crippen LogP) is 3.53. The largest absolute Gasteiger partial charge is 0.482 e. The highest BCUT2D eigenvalue weighted by molar-refractivity contribution is 6.32. The summed E-state index contributed by atoms with van der Waals surface area (Å²) in [5, 5.41) is 3.31. The molecule has 1 N–H and O–H groups in total. The van der Waals surface area contributed by atoms with Crippen molar-refractivity contribution in [1.29, 1.82) is 0 Å². The Kier molecular flexibility index (Phi) is 5.36. The number of aromatic nitrogens is 2. The summed E-state index contributed by atoms with van der Waals surface area (Å²) in [6, 6.07) is 15.0. The van der Waals surface area contributed by atoms with Crippen LogP contribution in [0.15, 0.2) is 60.9 Å². The van der Waals surface area contributed by atoms with Gasteiger partial charge in [0.1, 0.15) is 11.6 Å². The molecule has 0 saturated heterocycles. The fraction of sp³-hybridized carbons (Fsp3) is 0.158. The van der Waals surface area contributed by atoms with Crippen LogP contribution in [0, 0.1) is 6.92 Å². The number of aryl methyl sites for hydroxylation is 1. The molecule has 128 valence electrons. The summed E-state index contributed by atoms with van der Waals surface area (Å²) >= 11 is 5.99. The highest BCUT2D eigenvalue weighted by atomic mass is 35.5. The van der Waals surface area contributed by atoms with E-state index in [1.54, 1.807) is 18.3 Å². The number of rotatable bonds is 6. The van der Waals surface area contributed by atoms with Crippen LogP contribution in [-0.2, 0) is 11.3 Å². The molecule has 25 heavy (non-hydrogen) atoms. The minimum atomic E-state index is -0.200. The molecule has 0 spiro atoms. The molecule has 0 radical (unpaired) electrons. The zero-order valence-corrected chi connectivity index (χ0v) is 14.5. The number of carbonyl (C=O) groups is 1. The zero-order chi connectivity index (χ0) is 17.6. The SMILES string of the molecule is Cc1nccn1-c1ccc(CNC(=O)COc2ccccc2Cl)cc1. The standard InChI is InChI=1S/C19H18ClN3O2/c1-14-21-10-11-23(14)16-8-6-15(7-9-16)12-22-19(24)13-25-18-5-3-2-4-17(18)20/h2-11H,12-13H2,1H3,(H,22,24). The molecule has 0 aliphatic carbocycles. The lowest BCUT2D eigenvalue weighted by molar-refractivity contribution is -0.123. The van der Waals surface area contributed by atoms with E-state index in [2.05, 4.69) is 10.3 Å². The first kappa shape index (κ1) is 17.0. The van der Waals surface area contributed by atoms with Gasteiger partial charge in [0, 0.05) is 24.6 Å². The van der Waals surface area contributed by atoms with Gasteiger partial charge in [0.25, 0.3) is 5.91 Å². The first-order valence-corrected chi connectivity index (χ1v) is 8.24. The maximum Gasteiger partial charge on any atom is 0.258 e. The average Bonchev–Trinajstić information content (AvgIpc) is 3.06. The fourth-order valence-electron chi connectivity index (χ4n) is 2.38. The average molecular weight is 356 g/mol. The van der Waals surface area contributed by atoms with E-state index in [1.807, 2.05) is 54.1 Å². The molecule has 1 aromatic heterocycles. The predicted molar refractivity (Wildman–Crippen MR) is 97.1 cm³/mol. The fourth-order valence-corrected chi connectivity index (χ4v) is 2.57. The molecular weight excluding hydrogens is 338 g/mol. The van der Waals surface area contributed by atoms with E-state index in [9.17, 15) is 4.79 Å². The lowest BCUT2D eigenvalue weighted by atomic mass is 10.2. The third kappa shape index (κ3) is 4.39. The maximum atomic E-state index is 11.9. The van der Waals surface area contributed by atoms with Gasteiger partial charge in [-0.25, -0.2) is 4.98 Å². The molecular formula is C19H18ClN3O2. The molecule has 0 bridgehead atoms. The number of halogens is 1. The van der Waals surface area contributed by atoms with Crippen molar-refractivity contribution in [2.75, 3.05) is 6.61 Å². The quantitative estimate of drug-likeness (QED) is 0.736. The lowest BCUT2D eigenvalue weighted by Gasteiger charge is -2.09. The highest BCUT2D eigenvalue weighted by Crippen LogP contribution is 2.22. The molecule has 5 nitrogen and oxygen atoms in total. The van der Waals surface area contributed by atoms with Crippen LogP contribution in [-0.4, -0.2) is 22.1 Å². The van der Waals surface area contributed by atoms with Crippen LogP contribution in [0.2, 0.25) is 5.02 Å². The number of nitrogens with one attached hydrogen (secondary N) is 1. The summed E-state index contributed by atoms with van der Waals surface area (Å²) in [4.78, 5) is 16.1. The van der Waals surface area contributed by atoms with Gasteiger partial charge in [0.05, 0.1) is 5.02 Å². The summed E-state index contributed by atoms with van der Waals surface area (Å²) in [5.41, 5.74) is 2.04. The van der Waals surface area contributed by atoms with E-state index >= 15 is 0 Å². The summed E-state index contributed by atoms with van der Waals surface area (Å²) in [7, 11) is 0. The van der Waals surface area contributed by atoms with Crippen LogP contribution in [0.4, 0.5) is 0 Å². The van der Waals surface area contributed by atoms with Gasteiger partial charge in [0.2, 0.25) is 0 Å². The maximum absolute atomic E-state index is 11.9. The molecule has 2 aromatic carbocycles.